The molecule has 0 aliphatic heterocycles. The summed E-state index contributed by atoms with van der Waals surface area (Å²) >= 11 is 0. The van der Waals surface area contributed by atoms with Crippen LogP contribution in [0.15, 0.2) is 29.8 Å². The number of rotatable bonds is 6. The monoisotopic (exact) mass is 374 g/mol. The number of nitrogens with one attached hydrogen (secondary N) is 2. The van der Waals surface area contributed by atoms with Gasteiger partial charge in [0, 0.05) is 5.56 Å². The number of amides is 2. The highest BCUT2D eigenvalue weighted by Gasteiger charge is 2.60. The number of hydrazine groups is 1. The van der Waals surface area contributed by atoms with Gasteiger partial charge >= 0.3 is 0 Å². The van der Waals surface area contributed by atoms with Gasteiger partial charge in [-0.05, 0) is 57.2 Å². The summed E-state index contributed by atoms with van der Waals surface area (Å²) in [4.78, 5) is 24.8. The van der Waals surface area contributed by atoms with E-state index in [9.17, 15) is 9.59 Å². The van der Waals surface area contributed by atoms with Crippen LogP contribution in [0.1, 0.15) is 51.9 Å². The molecule has 1 fully saturated rings. The molecule has 0 bridgehead atoms. The highest BCUT2D eigenvalue weighted by molar-refractivity contribution is 5.96. The molecular formula is C21H30N2O4. The zero-order chi connectivity index (χ0) is 20.4. The van der Waals surface area contributed by atoms with E-state index in [2.05, 4.69) is 30.8 Å². The third kappa shape index (κ3) is 4.81. The van der Waals surface area contributed by atoms with Gasteiger partial charge in [0.2, 0.25) is 5.91 Å². The molecule has 2 rings (SSSR count). The predicted octanol–water partition coefficient (Wildman–Crippen LogP) is 3.48. The maximum absolute atomic E-state index is 12.4. The number of carbonyl (C=O) groups is 2. The smallest absolute Gasteiger partial charge is 0.269 e. The minimum Gasteiger partial charge on any atom is -0.493 e. The molecular weight excluding hydrogens is 344 g/mol. The minimum absolute atomic E-state index is 0.00601. The van der Waals surface area contributed by atoms with E-state index in [1.54, 1.807) is 18.2 Å². The molecule has 2 atom stereocenters. The second-order valence-electron chi connectivity index (χ2n) is 8.04. The molecule has 148 valence electrons. The molecule has 1 aliphatic rings. The maximum atomic E-state index is 12.4. The third-order valence-corrected chi connectivity index (χ3v) is 4.79. The zero-order valence-corrected chi connectivity index (χ0v) is 17.2. The number of hydrogen-bond acceptors (Lipinski definition) is 4. The van der Waals surface area contributed by atoms with Gasteiger partial charge < -0.3 is 9.47 Å². The zero-order valence-electron chi connectivity index (χ0n) is 17.2. The summed E-state index contributed by atoms with van der Waals surface area (Å²) in [5, 5.41) is 0. The van der Waals surface area contributed by atoms with E-state index < -0.39 is 5.91 Å². The van der Waals surface area contributed by atoms with Crippen LogP contribution in [-0.2, 0) is 4.79 Å². The van der Waals surface area contributed by atoms with Crippen molar-refractivity contribution < 1.29 is 19.1 Å². The molecule has 1 aromatic rings. The van der Waals surface area contributed by atoms with Crippen LogP contribution in [0.4, 0.5) is 0 Å². The van der Waals surface area contributed by atoms with Gasteiger partial charge in [-0.1, -0.05) is 25.5 Å². The molecule has 2 unspecified atom stereocenters. The van der Waals surface area contributed by atoms with Crippen LogP contribution in [0.3, 0.4) is 0 Å². The first kappa shape index (κ1) is 20.8. The lowest BCUT2D eigenvalue weighted by atomic mass is 10.1. The fourth-order valence-corrected chi connectivity index (χ4v) is 3.28. The van der Waals surface area contributed by atoms with Crippen molar-refractivity contribution in [3.63, 3.8) is 0 Å². The summed E-state index contributed by atoms with van der Waals surface area (Å²) < 4.78 is 10.9. The van der Waals surface area contributed by atoms with E-state index in [1.807, 2.05) is 27.7 Å². The number of benzene rings is 1. The van der Waals surface area contributed by atoms with Gasteiger partial charge in [0.1, 0.15) is 0 Å². The van der Waals surface area contributed by atoms with Crippen LogP contribution >= 0.6 is 0 Å². The van der Waals surface area contributed by atoms with Crippen LogP contribution in [0, 0.1) is 17.3 Å². The highest BCUT2D eigenvalue weighted by Crippen LogP contribution is 2.59. The summed E-state index contributed by atoms with van der Waals surface area (Å²) in [5.74, 6) is 0.487. The molecule has 0 radical (unpaired) electrons. The Hall–Kier alpha value is -2.50. The Morgan fingerprint density at radius 3 is 2.37 bits per heavy atom. The minimum atomic E-state index is -0.407. The molecule has 0 saturated heterocycles. The van der Waals surface area contributed by atoms with Crippen LogP contribution in [-0.4, -0.2) is 25.0 Å². The quantitative estimate of drug-likeness (QED) is 0.590. The summed E-state index contributed by atoms with van der Waals surface area (Å²) in [6, 6.07) is 4.91. The Balaban J connectivity index is 2.00. The highest BCUT2D eigenvalue weighted by atomic mass is 16.5. The summed E-state index contributed by atoms with van der Waals surface area (Å²) in [6.07, 6.45) is 2.11. The van der Waals surface area contributed by atoms with Crippen molar-refractivity contribution >= 4 is 11.8 Å². The molecule has 6 nitrogen and oxygen atoms in total. The van der Waals surface area contributed by atoms with Gasteiger partial charge in [0.15, 0.2) is 11.5 Å². The van der Waals surface area contributed by atoms with Crippen molar-refractivity contribution in [1.82, 2.24) is 10.9 Å². The summed E-state index contributed by atoms with van der Waals surface area (Å²) in [5.41, 5.74) is 6.49. The fraction of sp³-hybridized carbons (Fsp3) is 0.524. The standard InChI is InChI=1S/C21H30N2O4/c1-12(2)10-15-18(21(15,5)6)20(25)23-22-19(24)14-8-9-16(27-13(3)4)17(11-14)26-7/h8-11,13,15,18H,1-7H3,(H,22,24)(H,23,25). The Morgan fingerprint density at radius 1 is 1.15 bits per heavy atom. The normalized spacial score (nSPS) is 19.9. The summed E-state index contributed by atoms with van der Waals surface area (Å²) in [7, 11) is 1.52. The van der Waals surface area contributed by atoms with Crippen molar-refractivity contribution in [3.05, 3.63) is 35.4 Å². The lowest BCUT2D eigenvalue weighted by molar-refractivity contribution is -0.123. The fourth-order valence-electron chi connectivity index (χ4n) is 3.28. The molecule has 0 heterocycles. The SMILES string of the molecule is COc1cc(C(=O)NNC(=O)C2C(C=C(C)C)C2(C)C)ccc1OC(C)C. The number of hydrogen-bond donors (Lipinski definition) is 2. The van der Waals surface area contributed by atoms with Crippen molar-refractivity contribution in [2.75, 3.05) is 7.11 Å². The van der Waals surface area contributed by atoms with Gasteiger partial charge in [-0.25, -0.2) is 0 Å². The van der Waals surface area contributed by atoms with Crippen molar-refractivity contribution in [2.45, 2.75) is 47.6 Å². The van der Waals surface area contributed by atoms with E-state index in [0.29, 0.717) is 17.1 Å². The molecule has 27 heavy (non-hydrogen) atoms. The van der Waals surface area contributed by atoms with Crippen LogP contribution in [0.2, 0.25) is 0 Å². The maximum Gasteiger partial charge on any atom is 0.269 e. The topological polar surface area (TPSA) is 76.7 Å². The van der Waals surface area contributed by atoms with Gasteiger partial charge in [-0.15, -0.1) is 0 Å². The largest absolute Gasteiger partial charge is 0.493 e. The molecule has 2 amide bonds. The molecule has 0 spiro atoms. The number of allylic oxidation sites excluding steroid dienone is 2. The van der Waals surface area contributed by atoms with E-state index in [4.69, 9.17) is 9.47 Å². The number of carbonyl (C=O) groups excluding carboxylic acids is 2. The van der Waals surface area contributed by atoms with E-state index >= 15 is 0 Å². The molecule has 1 saturated carbocycles. The second kappa shape index (κ2) is 8.03. The summed E-state index contributed by atoms with van der Waals surface area (Å²) in [6.45, 7) is 12.0. The van der Waals surface area contributed by atoms with E-state index in [1.165, 1.54) is 12.7 Å². The number of ether oxygens (including phenoxy) is 2. The van der Waals surface area contributed by atoms with Crippen LogP contribution < -0.4 is 20.3 Å². The van der Waals surface area contributed by atoms with Gasteiger partial charge in [-0.3, -0.25) is 20.4 Å². The predicted molar refractivity (Wildman–Crippen MR) is 105 cm³/mol. The Morgan fingerprint density at radius 2 is 1.81 bits per heavy atom. The first-order chi connectivity index (χ1) is 12.6. The number of methoxy groups -OCH3 is 1. The van der Waals surface area contributed by atoms with Gasteiger partial charge in [0.25, 0.3) is 5.91 Å². The molecule has 1 aliphatic carbocycles. The molecule has 0 aromatic heterocycles. The van der Waals surface area contributed by atoms with Crippen molar-refractivity contribution in [1.29, 1.82) is 0 Å². The Bertz CT molecular complexity index is 749. The van der Waals surface area contributed by atoms with E-state index in [-0.39, 0.29) is 29.3 Å². The Kier molecular flexibility index (Phi) is 6.19. The molecule has 2 N–H and O–H groups in total. The first-order valence-corrected chi connectivity index (χ1v) is 9.17. The lowest BCUT2D eigenvalue weighted by Crippen LogP contribution is -2.43. The van der Waals surface area contributed by atoms with Gasteiger partial charge in [-0.2, -0.15) is 0 Å². The van der Waals surface area contributed by atoms with Crippen LogP contribution in [0.5, 0.6) is 11.5 Å². The van der Waals surface area contributed by atoms with Gasteiger partial charge in [0.05, 0.1) is 19.1 Å². The second-order valence-corrected chi connectivity index (χ2v) is 8.04. The third-order valence-electron chi connectivity index (χ3n) is 4.79. The molecule has 6 heteroatoms. The van der Waals surface area contributed by atoms with Crippen LogP contribution in [0.25, 0.3) is 0 Å². The molecule has 1 aromatic carbocycles. The first-order valence-electron chi connectivity index (χ1n) is 9.17. The van der Waals surface area contributed by atoms with Crippen molar-refractivity contribution in [2.24, 2.45) is 17.3 Å². The van der Waals surface area contributed by atoms with Crippen molar-refractivity contribution in [3.8, 4) is 11.5 Å². The lowest BCUT2D eigenvalue weighted by Gasteiger charge is -2.14. The van der Waals surface area contributed by atoms with E-state index in [0.717, 1.165) is 0 Å². The Labute approximate surface area is 161 Å². The average Bonchev–Trinajstić information content (AvgIpc) is 3.11. The average molecular weight is 374 g/mol.